The van der Waals surface area contributed by atoms with Gasteiger partial charge in [-0.25, -0.2) is 0 Å². The molecule has 1 heterocycles. The number of carbonyl (C=O) groups is 1. The van der Waals surface area contributed by atoms with Gasteiger partial charge in [-0.1, -0.05) is 12.1 Å². The summed E-state index contributed by atoms with van der Waals surface area (Å²) in [6, 6.07) is 9.67. The van der Waals surface area contributed by atoms with Crippen molar-refractivity contribution in [2.75, 3.05) is 12.8 Å². The number of aromatic nitrogens is 2. The summed E-state index contributed by atoms with van der Waals surface area (Å²) in [5.74, 6) is 0.0201. The number of benzene rings is 1. The third-order valence-corrected chi connectivity index (χ3v) is 4.79. The summed E-state index contributed by atoms with van der Waals surface area (Å²) in [7, 11) is 0. The summed E-state index contributed by atoms with van der Waals surface area (Å²) in [4.78, 5) is 13.4. The zero-order valence-electron chi connectivity index (χ0n) is 12.1. The number of hydrogen-bond donors (Lipinski definition) is 1. The van der Waals surface area contributed by atoms with Gasteiger partial charge in [-0.2, -0.15) is 5.10 Å². The first-order valence-electron chi connectivity index (χ1n) is 7.11. The molecule has 1 aromatic heterocycles. The number of amides is 1. The lowest BCUT2D eigenvalue weighted by molar-refractivity contribution is 0.0939. The van der Waals surface area contributed by atoms with E-state index in [2.05, 4.69) is 10.4 Å². The molecule has 1 amide bonds. The van der Waals surface area contributed by atoms with Gasteiger partial charge >= 0.3 is 0 Å². The van der Waals surface area contributed by atoms with Gasteiger partial charge in [0.1, 0.15) is 0 Å². The first kappa shape index (κ1) is 14.2. The summed E-state index contributed by atoms with van der Waals surface area (Å²) < 4.78 is 1.95. The smallest absolute Gasteiger partial charge is 0.252 e. The zero-order valence-corrected chi connectivity index (χ0v) is 12.9. The van der Waals surface area contributed by atoms with E-state index in [-0.39, 0.29) is 11.3 Å². The summed E-state index contributed by atoms with van der Waals surface area (Å²) in [6.07, 6.45) is 8.06. The maximum absolute atomic E-state index is 12.4. The molecule has 0 bridgehead atoms. The van der Waals surface area contributed by atoms with Gasteiger partial charge in [0.25, 0.3) is 5.91 Å². The van der Waals surface area contributed by atoms with Crippen molar-refractivity contribution in [3.05, 3.63) is 48.3 Å². The highest BCUT2D eigenvalue weighted by Gasteiger charge is 2.43. The molecule has 1 fully saturated rings. The Morgan fingerprint density at radius 3 is 2.86 bits per heavy atom. The van der Waals surface area contributed by atoms with Crippen molar-refractivity contribution in [2.45, 2.75) is 24.3 Å². The Balaban J connectivity index is 1.61. The third-order valence-electron chi connectivity index (χ3n) is 3.99. The molecule has 2 aromatic rings. The minimum Gasteiger partial charge on any atom is -0.351 e. The molecule has 4 nitrogen and oxygen atoms in total. The van der Waals surface area contributed by atoms with E-state index in [9.17, 15) is 4.79 Å². The van der Waals surface area contributed by atoms with Crippen LogP contribution in [0.25, 0.3) is 0 Å². The van der Waals surface area contributed by atoms with Crippen LogP contribution in [-0.2, 0) is 6.54 Å². The predicted molar refractivity (Wildman–Crippen MR) is 84.5 cm³/mol. The molecule has 0 spiro atoms. The molecule has 1 aromatic carbocycles. The zero-order chi connectivity index (χ0) is 14.7. The van der Waals surface area contributed by atoms with Crippen LogP contribution < -0.4 is 5.32 Å². The Hall–Kier alpha value is -1.75. The van der Waals surface area contributed by atoms with Gasteiger partial charge in [-0.3, -0.25) is 9.48 Å². The molecule has 1 aliphatic rings. The number of thioether (sulfide) groups is 1. The summed E-state index contributed by atoms with van der Waals surface area (Å²) in [5, 5.41) is 7.35. The van der Waals surface area contributed by atoms with Gasteiger partial charge in [0.05, 0.1) is 5.56 Å². The molecule has 1 saturated carbocycles. The molecule has 0 unspecified atom stereocenters. The van der Waals surface area contributed by atoms with Crippen molar-refractivity contribution >= 4 is 17.7 Å². The molecule has 0 saturated heterocycles. The van der Waals surface area contributed by atoms with E-state index >= 15 is 0 Å². The van der Waals surface area contributed by atoms with Crippen LogP contribution in [0.4, 0.5) is 0 Å². The summed E-state index contributed by atoms with van der Waals surface area (Å²) in [6.45, 7) is 1.60. The summed E-state index contributed by atoms with van der Waals surface area (Å²) >= 11 is 1.60. The van der Waals surface area contributed by atoms with Crippen LogP contribution in [-0.4, -0.2) is 28.5 Å². The number of carbonyl (C=O) groups excluding carboxylic acids is 1. The monoisotopic (exact) mass is 301 g/mol. The SMILES string of the molecule is CSc1ccccc1C(=O)NCC1(Cn2cccn2)CC1. The first-order valence-corrected chi connectivity index (χ1v) is 8.34. The van der Waals surface area contributed by atoms with Crippen molar-refractivity contribution in [1.82, 2.24) is 15.1 Å². The molecule has 0 radical (unpaired) electrons. The van der Waals surface area contributed by atoms with E-state index in [0.717, 1.165) is 29.8 Å². The van der Waals surface area contributed by atoms with E-state index in [0.29, 0.717) is 6.54 Å². The van der Waals surface area contributed by atoms with Gasteiger partial charge in [-0.15, -0.1) is 11.8 Å². The average Bonchev–Trinajstić information content (AvgIpc) is 3.09. The Morgan fingerprint density at radius 1 is 1.38 bits per heavy atom. The molecule has 21 heavy (non-hydrogen) atoms. The Morgan fingerprint density at radius 2 is 2.19 bits per heavy atom. The Bertz CT molecular complexity index is 620. The Labute approximate surface area is 128 Å². The fraction of sp³-hybridized carbons (Fsp3) is 0.375. The van der Waals surface area contributed by atoms with Crippen LogP contribution in [0.3, 0.4) is 0 Å². The molecule has 3 rings (SSSR count). The highest BCUT2D eigenvalue weighted by Crippen LogP contribution is 2.46. The third kappa shape index (κ3) is 3.29. The molecule has 1 N–H and O–H groups in total. The van der Waals surface area contributed by atoms with Crippen molar-refractivity contribution in [2.24, 2.45) is 5.41 Å². The molecule has 5 heteroatoms. The number of nitrogens with zero attached hydrogens (tertiary/aromatic N) is 2. The van der Waals surface area contributed by atoms with Crippen molar-refractivity contribution in [3.8, 4) is 0 Å². The van der Waals surface area contributed by atoms with E-state index in [1.54, 1.807) is 18.0 Å². The molecular weight excluding hydrogens is 282 g/mol. The van der Waals surface area contributed by atoms with Crippen molar-refractivity contribution in [3.63, 3.8) is 0 Å². The number of rotatable bonds is 6. The topological polar surface area (TPSA) is 46.9 Å². The van der Waals surface area contributed by atoms with Crippen molar-refractivity contribution < 1.29 is 4.79 Å². The Kier molecular flexibility index (Phi) is 4.01. The minimum absolute atomic E-state index is 0.0201. The van der Waals surface area contributed by atoms with E-state index in [4.69, 9.17) is 0 Å². The van der Waals surface area contributed by atoms with Gasteiger partial charge < -0.3 is 5.32 Å². The second-order valence-electron chi connectivity index (χ2n) is 5.59. The van der Waals surface area contributed by atoms with Crippen LogP contribution in [0.5, 0.6) is 0 Å². The largest absolute Gasteiger partial charge is 0.351 e. The van der Waals surface area contributed by atoms with E-state index in [1.807, 2.05) is 47.5 Å². The second kappa shape index (κ2) is 5.93. The normalized spacial score (nSPS) is 15.7. The quantitative estimate of drug-likeness (QED) is 0.835. The van der Waals surface area contributed by atoms with Crippen LogP contribution in [0, 0.1) is 5.41 Å². The molecule has 0 aliphatic heterocycles. The highest BCUT2D eigenvalue weighted by atomic mass is 32.2. The minimum atomic E-state index is 0.0201. The van der Waals surface area contributed by atoms with Crippen LogP contribution in [0.15, 0.2) is 47.6 Å². The number of hydrogen-bond acceptors (Lipinski definition) is 3. The van der Waals surface area contributed by atoms with Crippen molar-refractivity contribution in [1.29, 1.82) is 0 Å². The fourth-order valence-electron chi connectivity index (χ4n) is 2.50. The van der Waals surface area contributed by atoms with Crippen LogP contribution in [0.2, 0.25) is 0 Å². The van der Waals surface area contributed by atoms with Gasteiger partial charge in [0.15, 0.2) is 0 Å². The van der Waals surface area contributed by atoms with Gasteiger partial charge in [0, 0.05) is 35.8 Å². The molecule has 1 aliphatic carbocycles. The van der Waals surface area contributed by atoms with E-state index < -0.39 is 0 Å². The summed E-state index contributed by atoms with van der Waals surface area (Å²) in [5.41, 5.74) is 0.954. The average molecular weight is 301 g/mol. The molecule has 0 atom stereocenters. The first-order chi connectivity index (χ1) is 10.2. The number of nitrogens with one attached hydrogen (secondary N) is 1. The second-order valence-corrected chi connectivity index (χ2v) is 6.43. The molecule has 110 valence electrons. The highest BCUT2D eigenvalue weighted by molar-refractivity contribution is 7.98. The standard InChI is InChI=1S/C16H19N3OS/c1-21-14-6-3-2-5-13(14)15(20)17-11-16(7-8-16)12-19-10-4-9-18-19/h2-6,9-10H,7-8,11-12H2,1H3,(H,17,20). The van der Waals surface area contributed by atoms with Gasteiger partial charge in [0.2, 0.25) is 0 Å². The lowest BCUT2D eigenvalue weighted by Gasteiger charge is -2.16. The molecular formula is C16H19N3OS. The van der Waals surface area contributed by atoms with E-state index in [1.165, 1.54) is 0 Å². The fourth-order valence-corrected chi connectivity index (χ4v) is 3.10. The lowest BCUT2D eigenvalue weighted by atomic mass is 10.1. The van der Waals surface area contributed by atoms with Crippen LogP contribution >= 0.6 is 11.8 Å². The lowest BCUT2D eigenvalue weighted by Crippen LogP contribution is -2.32. The maximum Gasteiger partial charge on any atom is 0.252 e. The maximum atomic E-state index is 12.4. The van der Waals surface area contributed by atoms with Gasteiger partial charge in [-0.05, 0) is 37.3 Å². The van der Waals surface area contributed by atoms with Crippen LogP contribution in [0.1, 0.15) is 23.2 Å². The predicted octanol–water partition coefficient (Wildman–Crippen LogP) is 2.82.